The number of hydrogen-bond acceptors (Lipinski definition) is 5. The maximum atomic E-state index is 13.4. The van der Waals surface area contributed by atoms with E-state index in [1.54, 1.807) is 23.5 Å². The molecule has 1 amide bonds. The molecule has 3 aromatic heterocycles. The Labute approximate surface area is 189 Å². The van der Waals surface area contributed by atoms with E-state index in [0.29, 0.717) is 28.0 Å². The van der Waals surface area contributed by atoms with Crippen molar-refractivity contribution in [2.24, 2.45) is 0 Å². The minimum absolute atomic E-state index is 0. The molecule has 6 nitrogen and oxygen atoms in total. The van der Waals surface area contributed by atoms with E-state index in [-0.39, 0.29) is 18.3 Å². The van der Waals surface area contributed by atoms with Crippen LogP contribution in [0.1, 0.15) is 33.9 Å². The normalized spacial score (nSPS) is 10.9. The predicted octanol–water partition coefficient (Wildman–Crippen LogP) is 5.82. The standard InChI is InChI=1S/C21H21ClN4O2S.ClH/c1-13-9-16(22)11-18-19(13)24-21(29-18)26(7-4-6-25-8-5-23-12-25)20(27)17-10-14(2)28-15(17)3;/h5,8-12H,4,6-7H2,1-3H3;1H. The lowest BCUT2D eigenvalue weighted by molar-refractivity contribution is 0.0985. The molecule has 30 heavy (non-hydrogen) atoms. The third kappa shape index (κ3) is 4.53. The highest BCUT2D eigenvalue weighted by molar-refractivity contribution is 7.22. The van der Waals surface area contributed by atoms with Crippen molar-refractivity contribution in [1.29, 1.82) is 0 Å². The number of fused-ring (bicyclic) bond motifs is 1. The Morgan fingerprint density at radius 1 is 1.27 bits per heavy atom. The molecule has 0 N–H and O–H groups in total. The summed E-state index contributed by atoms with van der Waals surface area (Å²) >= 11 is 7.69. The number of benzene rings is 1. The van der Waals surface area contributed by atoms with Crippen LogP contribution >= 0.6 is 35.3 Å². The molecule has 4 aromatic rings. The molecule has 0 spiro atoms. The van der Waals surface area contributed by atoms with Gasteiger partial charge in [0.05, 0.1) is 22.1 Å². The molecule has 0 bridgehead atoms. The van der Waals surface area contributed by atoms with Crippen LogP contribution in [-0.2, 0) is 6.54 Å². The zero-order chi connectivity index (χ0) is 20.5. The highest BCUT2D eigenvalue weighted by Crippen LogP contribution is 2.34. The monoisotopic (exact) mass is 464 g/mol. The Morgan fingerprint density at radius 3 is 2.73 bits per heavy atom. The van der Waals surface area contributed by atoms with E-state index < -0.39 is 0 Å². The van der Waals surface area contributed by atoms with Gasteiger partial charge in [0.15, 0.2) is 5.13 Å². The Balaban J connectivity index is 0.00000256. The van der Waals surface area contributed by atoms with Crippen molar-refractivity contribution in [1.82, 2.24) is 14.5 Å². The van der Waals surface area contributed by atoms with E-state index in [9.17, 15) is 4.79 Å². The lowest BCUT2D eigenvalue weighted by atomic mass is 10.2. The molecule has 0 aliphatic heterocycles. The molecule has 0 radical (unpaired) electrons. The summed E-state index contributed by atoms with van der Waals surface area (Å²) in [6.45, 7) is 6.94. The molecule has 9 heteroatoms. The number of hydrogen-bond donors (Lipinski definition) is 0. The van der Waals surface area contributed by atoms with Gasteiger partial charge in [0, 0.05) is 30.5 Å². The van der Waals surface area contributed by atoms with Gasteiger partial charge < -0.3 is 8.98 Å². The van der Waals surface area contributed by atoms with Gasteiger partial charge in [-0.05, 0) is 51.0 Å². The van der Waals surface area contributed by atoms with Crippen LogP contribution in [0.4, 0.5) is 5.13 Å². The molecular formula is C21H22Cl2N4O2S. The van der Waals surface area contributed by atoms with Gasteiger partial charge in [0.1, 0.15) is 11.5 Å². The number of halogens is 2. The lowest BCUT2D eigenvalue weighted by Gasteiger charge is -2.19. The molecule has 0 fully saturated rings. The summed E-state index contributed by atoms with van der Waals surface area (Å²) in [5.41, 5.74) is 2.44. The maximum Gasteiger partial charge on any atom is 0.263 e. The summed E-state index contributed by atoms with van der Waals surface area (Å²) in [6.07, 6.45) is 6.21. The highest BCUT2D eigenvalue weighted by atomic mass is 35.5. The third-order valence-corrected chi connectivity index (χ3v) is 5.99. The second-order valence-corrected chi connectivity index (χ2v) is 8.45. The molecule has 1 aromatic carbocycles. The van der Waals surface area contributed by atoms with Gasteiger partial charge in [0.2, 0.25) is 0 Å². The van der Waals surface area contributed by atoms with Gasteiger partial charge in [-0.15, -0.1) is 12.4 Å². The van der Waals surface area contributed by atoms with Crippen LogP contribution in [0, 0.1) is 20.8 Å². The lowest BCUT2D eigenvalue weighted by Crippen LogP contribution is -2.32. The maximum absolute atomic E-state index is 13.4. The van der Waals surface area contributed by atoms with Crippen molar-refractivity contribution in [3.8, 4) is 0 Å². The van der Waals surface area contributed by atoms with Crippen LogP contribution in [0.3, 0.4) is 0 Å². The van der Waals surface area contributed by atoms with Gasteiger partial charge in [-0.1, -0.05) is 22.9 Å². The molecule has 0 aliphatic carbocycles. The number of thiazole rings is 1. The van der Waals surface area contributed by atoms with E-state index >= 15 is 0 Å². The van der Waals surface area contributed by atoms with Gasteiger partial charge in [-0.25, -0.2) is 9.97 Å². The van der Waals surface area contributed by atoms with Crippen LogP contribution in [0.5, 0.6) is 0 Å². The quantitative estimate of drug-likeness (QED) is 0.360. The number of aryl methyl sites for hydroxylation is 4. The van der Waals surface area contributed by atoms with Crippen molar-refractivity contribution < 1.29 is 9.21 Å². The number of carbonyl (C=O) groups excluding carboxylic acids is 1. The second kappa shape index (κ2) is 9.20. The summed E-state index contributed by atoms with van der Waals surface area (Å²) in [4.78, 5) is 24.0. The second-order valence-electron chi connectivity index (χ2n) is 7.00. The number of aromatic nitrogens is 3. The summed E-state index contributed by atoms with van der Waals surface area (Å²) in [6, 6.07) is 5.57. The predicted molar refractivity (Wildman–Crippen MR) is 123 cm³/mol. The van der Waals surface area contributed by atoms with Gasteiger partial charge >= 0.3 is 0 Å². The van der Waals surface area contributed by atoms with Crippen LogP contribution in [-0.4, -0.2) is 27.0 Å². The Bertz CT molecular complexity index is 1170. The minimum atomic E-state index is -0.104. The van der Waals surface area contributed by atoms with Crippen molar-refractivity contribution in [3.63, 3.8) is 0 Å². The fourth-order valence-electron chi connectivity index (χ4n) is 3.36. The zero-order valence-corrected chi connectivity index (χ0v) is 19.3. The van der Waals surface area contributed by atoms with Crippen LogP contribution in [0.25, 0.3) is 10.2 Å². The number of anilines is 1. The Morgan fingerprint density at radius 2 is 2.07 bits per heavy atom. The first-order valence-electron chi connectivity index (χ1n) is 9.33. The van der Waals surface area contributed by atoms with E-state index in [1.807, 2.05) is 43.7 Å². The first-order chi connectivity index (χ1) is 13.9. The van der Waals surface area contributed by atoms with Crippen molar-refractivity contribution in [2.75, 3.05) is 11.4 Å². The minimum Gasteiger partial charge on any atom is -0.466 e. The number of amides is 1. The number of carbonyl (C=O) groups is 1. The summed E-state index contributed by atoms with van der Waals surface area (Å²) in [5, 5.41) is 1.34. The van der Waals surface area contributed by atoms with E-state index in [0.717, 1.165) is 34.5 Å². The SMILES string of the molecule is Cc1cc(C(=O)N(CCCn2ccnc2)c2nc3c(C)cc(Cl)cc3s2)c(C)o1.Cl. The zero-order valence-electron chi connectivity index (χ0n) is 16.9. The van der Waals surface area contributed by atoms with E-state index in [4.69, 9.17) is 21.0 Å². The molecule has 0 saturated carbocycles. The third-order valence-electron chi connectivity index (χ3n) is 4.74. The van der Waals surface area contributed by atoms with Crippen LogP contribution in [0.15, 0.2) is 41.3 Å². The number of furan rings is 1. The molecule has 4 rings (SSSR count). The molecule has 0 unspecified atom stereocenters. The molecule has 0 aliphatic rings. The molecule has 3 heterocycles. The largest absolute Gasteiger partial charge is 0.466 e. The van der Waals surface area contributed by atoms with E-state index in [1.165, 1.54) is 11.3 Å². The first kappa shape index (κ1) is 22.3. The fraction of sp³-hybridized carbons (Fsp3) is 0.286. The molecule has 0 saturated heterocycles. The summed E-state index contributed by atoms with van der Waals surface area (Å²) in [7, 11) is 0. The van der Waals surface area contributed by atoms with Crippen molar-refractivity contribution in [3.05, 3.63) is 64.6 Å². The molecule has 158 valence electrons. The van der Waals surface area contributed by atoms with Crippen molar-refractivity contribution >= 4 is 56.6 Å². The number of rotatable bonds is 6. The van der Waals surface area contributed by atoms with Crippen molar-refractivity contribution in [2.45, 2.75) is 33.7 Å². The number of nitrogens with zero attached hydrogens (tertiary/aromatic N) is 4. The Hall–Kier alpha value is -2.35. The average Bonchev–Trinajstić information content (AvgIpc) is 3.38. The van der Waals surface area contributed by atoms with Gasteiger partial charge in [-0.2, -0.15) is 0 Å². The van der Waals surface area contributed by atoms with Gasteiger partial charge in [0.25, 0.3) is 5.91 Å². The molecule has 0 atom stereocenters. The highest BCUT2D eigenvalue weighted by Gasteiger charge is 2.25. The topological polar surface area (TPSA) is 64.2 Å². The summed E-state index contributed by atoms with van der Waals surface area (Å²) in [5.74, 6) is 1.23. The first-order valence-corrected chi connectivity index (χ1v) is 10.5. The Kier molecular flexibility index (Phi) is 6.85. The molecular weight excluding hydrogens is 443 g/mol. The summed E-state index contributed by atoms with van der Waals surface area (Å²) < 4.78 is 8.55. The number of imidazole rings is 1. The average molecular weight is 465 g/mol. The van der Waals surface area contributed by atoms with Crippen LogP contribution in [0.2, 0.25) is 5.02 Å². The van der Waals surface area contributed by atoms with E-state index in [2.05, 4.69) is 4.98 Å². The van der Waals surface area contributed by atoms with Gasteiger partial charge in [-0.3, -0.25) is 9.69 Å². The van der Waals surface area contributed by atoms with Crippen LogP contribution < -0.4 is 4.90 Å². The smallest absolute Gasteiger partial charge is 0.263 e. The fourth-order valence-corrected chi connectivity index (χ4v) is 4.81.